The van der Waals surface area contributed by atoms with Gasteiger partial charge in [-0.05, 0) is 35.7 Å². The zero-order valence-electron chi connectivity index (χ0n) is 17.0. The van der Waals surface area contributed by atoms with Crippen LogP contribution in [0.2, 0.25) is 0 Å². The molecule has 0 radical (unpaired) electrons. The predicted octanol–water partition coefficient (Wildman–Crippen LogP) is 2.79. The highest BCUT2D eigenvalue weighted by atomic mass is 79.9. The molecule has 2 aliphatic rings. The maximum atomic E-state index is 12.7. The van der Waals surface area contributed by atoms with E-state index in [0.717, 1.165) is 15.6 Å². The van der Waals surface area contributed by atoms with E-state index in [1.807, 2.05) is 36.4 Å². The molecule has 9 heteroatoms. The standard InChI is InChI=1S/C22H23BrN4O4/c1-22(19(28)25-20(29)26-22)16-4-2-3-14(11-16)12-24-21(30)27-9-10-31-18(13-27)15-5-7-17(23)8-6-15/h2-8,11,18H,9-10,12-13H2,1H3,(H,24,30)(H2,25,26,28,29). The summed E-state index contributed by atoms with van der Waals surface area (Å²) in [7, 11) is 0. The van der Waals surface area contributed by atoms with E-state index in [1.54, 1.807) is 24.0 Å². The SMILES string of the molecule is CC1(c2cccc(CNC(=O)N3CCOC(c4ccc(Br)cc4)C3)c2)NC(=O)NC1=O. The van der Waals surface area contributed by atoms with E-state index in [2.05, 4.69) is 31.9 Å². The second kappa shape index (κ2) is 8.68. The summed E-state index contributed by atoms with van der Waals surface area (Å²) in [5.74, 6) is -0.397. The molecule has 0 aromatic heterocycles. The van der Waals surface area contributed by atoms with Crippen LogP contribution in [0.5, 0.6) is 0 Å². The molecule has 8 nitrogen and oxygen atoms in total. The van der Waals surface area contributed by atoms with Gasteiger partial charge in [-0.15, -0.1) is 0 Å². The van der Waals surface area contributed by atoms with Crippen molar-refractivity contribution in [2.75, 3.05) is 19.7 Å². The zero-order chi connectivity index (χ0) is 22.0. The number of amides is 5. The molecule has 0 saturated carbocycles. The maximum Gasteiger partial charge on any atom is 0.322 e. The summed E-state index contributed by atoms with van der Waals surface area (Å²) in [6.45, 7) is 3.41. The van der Waals surface area contributed by atoms with Gasteiger partial charge in [-0.1, -0.05) is 52.3 Å². The quantitative estimate of drug-likeness (QED) is 0.578. The Morgan fingerprint density at radius 1 is 1.26 bits per heavy atom. The number of morpholine rings is 1. The Labute approximate surface area is 188 Å². The van der Waals surface area contributed by atoms with Crippen LogP contribution in [-0.2, 0) is 21.6 Å². The van der Waals surface area contributed by atoms with Crippen LogP contribution in [0.15, 0.2) is 53.0 Å². The lowest BCUT2D eigenvalue weighted by atomic mass is 9.91. The number of imide groups is 1. The number of hydrogen-bond acceptors (Lipinski definition) is 4. The minimum Gasteiger partial charge on any atom is -0.370 e. The Morgan fingerprint density at radius 3 is 2.74 bits per heavy atom. The van der Waals surface area contributed by atoms with Gasteiger partial charge in [-0.25, -0.2) is 9.59 Å². The number of urea groups is 2. The fourth-order valence-electron chi connectivity index (χ4n) is 3.74. The highest BCUT2D eigenvalue weighted by Gasteiger charge is 2.43. The van der Waals surface area contributed by atoms with Crippen molar-refractivity contribution in [3.63, 3.8) is 0 Å². The highest BCUT2D eigenvalue weighted by Crippen LogP contribution is 2.26. The number of rotatable bonds is 4. The molecule has 0 bridgehead atoms. The lowest BCUT2D eigenvalue weighted by molar-refractivity contribution is -0.123. The average Bonchev–Trinajstić information content (AvgIpc) is 3.05. The second-order valence-corrected chi connectivity index (χ2v) is 8.67. The molecule has 2 unspecified atom stereocenters. The normalized spacial score (nSPS) is 23.3. The smallest absolute Gasteiger partial charge is 0.322 e. The predicted molar refractivity (Wildman–Crippen MR) is 117 cm³/mol. The van der Waals surface area contributed by atoms with Crippen LogP contribution >= 0.6 is 15.9 Å². The number of ether oxygens (including phenoxy) is 1. The van der Waals surface area contributed by atoms with E-state index < -0.39 is 17.5 Å². The van der Waals surface area contributed by atoms with Gasteiger partial charge in [0.1, 0.15) is 11.6 Å². The maximum absolute atomic E-state index is 12.7. The van der Waals surface area contributed by atoms with E-state index in [4.69, 9.17) is 4.74 Å². The summed E-state index contributed by atoms with van der Waals surface area (Å²) < 4.78 is 6.83. The fourth-order valence-corrected chi connectivity index (χ4v) is 4.01. The first-order valence-electron chi connectivity index (χ1n) is 9.98. The number of halogens is 1. The Bertz CT molecular complexity index is 1010. The van der Waals surface area contributed by atoms with Gasteiger partial charge < -0.3 is 20.3 Å². The fraction of sp³-hybridized carbons (Fsp3) is 0.318. The molecule has 3 N–H and O–H groups in total. The summed E-state index contributed by atoms with van der Waals surface area (Å²) in [5.41, 5.74) is 1.39. The summed E-state index contributed by atoms with van der Waals surface area (Å²) >= 11 is 3.43. The third-order valence-corrected chi connectivity index (χ3v) is 6.12. The van der Waals surface area contributed by atoms with Gasteiger partial charge in [0.25, 0.3) is 5.91 Å². The zero-order valence-corrected chi connectivity index (χ0v) is 18.6. The van der Waals surface area contributed by atoms with E-state index in [1.165, 1.54) is 0 Å². The van der Waals surface area contributed by atoms with Crippen molar-refractivity contribution in [1.82, 2.24) is 20.9 Å². The molecular formula is C22H23BrN4O4. The van der Waals surface area contributed by atoms with Crippen LogP contribution in [0.4, 0.5) is 9.59 Å². The van der Waals surface area contributed by atoms with Crippen LogP contribution in [0.25, 0.3) is 0 Å². The van der Waals surface area contributed by atoms with Crippen LogP contribution in [0, 0.1) is 0 Å². The van der Waals surface area contributed by atoms with Crippen molar-refractivity contribution in [2.24, 2.45) is 0 Å². The molecule has 2 atom stereocenters. The number of nitrogens with zero attached hydrogens (tertiary/aromatic N) is 1. The van der Waals surface area contributed by atoms with Gasteiger partial charge >= 0.3 is 12.1 Å². The molecule has 31 heavy (non-hydrogen) atoms. The lowest BCUT2D eigenvalue weighted by Gasteiger charge is -2.33. The first kappa shape index (κ1) is 21.3. The van der Waals surface area contributed by atoms with E-state index in [0.29, 0.717) is 31.8 Å². The number of carbonyl (C=O) groups excluding carboxylic acids is 3. The third kappa shape index (κ3) is 4.57. The molecule has 0 aliphatic carbocycles. The van der Waals surface area contributed by atoms with E-state index >= 15 is 0 Å². The van der Waals surface area contributed by atoms with E-state index in [-0.39, 0.29) is 12.1 Å². The Morgan fingerprint density at radius 2 is 2.03 bits per heavy atom. The average molecular weight is 487 g/mol. The third-order valence-electron chi connectivity index (χ3n) is 5.59. The number of nitrogens with one attached hydrogen (secondary N) is 3. The van der Waals surface area contributed by atoms with Gasteiger partial charge in [-0.3, -0.25) is 10.1 Å². The Balaban J connectivity index is 1.38. The molecule has 162 valence electrons. The van der Waals surface area contributed by atoms with Gasteiger partial charge in [-0.2, -0.15) is 0 Å². The van der Waals surface area contributed by atoms with Gasteiger partial charge in [0, 0.05) is 17.6 Å². The molecule has 2 heterocycles. The van der Waals surface area contributed by atoms with Crippen molar-refractivity contribution in [3.05, 3.63) is 69.7 Å². The van der Waals surface area contributed by atoms with Gasteiger partial charge in [0.05, 0.1) is 13.2 Å². The highest BCUT2D eigenvalue weighted by molar-refractivity contribution is 9.10. The van der Waals surface area contributed by atoms with Crippen molar-refractivity contribution >= 4 is 33.9 Å². The number of hydrogen-bond donors (Lipinski definition) is 3. The summed E-state index contributed by atoms with van der Waals surface area (Å²) in [6.07, 6.45) is -0.166. The Kier molecular flexibility index (Phi) is 5.97. The largest absolute Gasteiger partial charge is 0.370 e. The molecule has 2 fully saturated rings. The molecule has 2 saturated heterocycles. The van der Waals surface area contributed by atoms with Crippen molar-refractivity contribution < 1.29 is 19.1 Å². The molecule has 2 aromatic carbocycles. The summed E-state index contributed by atoms with van der Waals surface area (Å²) in [4.78, 5) is 38.2. The number of benzene rings is 2. The van der Waals surface area contributed by atoms with Crippen LogP contribution in [0.1, 0.15) is 29.7 Å². The number of carbonyl (C=O) groups is 3. The van der Waals surface area contributed by atoms with Crippen LogP contribution < -0.4 is 16.0 Å². The first-order chi connectivity index (χ1) is 14.8. The van der Waals surface area contributed by atoms with Crippen molar-refractivity contribution in [2.45, 2.75) is 25.1 Å². The molecule has 2 aliphatic heterocycles. The van der Waals surface area contributed by atoms with Crippen LogP contribution in [0.3, 0.4) is 0 Å². The first-order valence-corrected chi connectivity index (χ1v) is 10.8. The molecule has 0 spiro atoms. The second-order valence-electron chi connectivity index (χ2n) is 7.75. The molecular weight excluding hydrogens is 464 g/mol. The van der Waals surface area contributed by atoms with Crippen molar-refractivity contribution in [3.8, 4) is 0 Å². The lowest BCUT2D eigenvalue weighted by Crippen LogP contribution is -2.47. The van der Waals surface area contributed by atoms with Gasteiger partial charge in [0.15, 0.2) is 0 Å². The molecule has 2 aromatic rings. The summed E-state index contributed by atoms with van der Waals surface area (Å²) in [6, 6.07) is 14.5. The van der Waals surface area contributed by atoms with Gasteiger partial charge in [0.2, 0.25) is 0 Å². The topological polar surface area (TPSA) is 99.8 Å². The molecule has 5 amide bonds. The van der Waals surface area contributed by atoms with E-state index in [9.17, 15) is 14.4 Å². The molecule has 4 rings (SSSR count). The van der Waals surface area contributed by atoms with Crippen molar-refractivity contribution in [1.29, 1.82) is 0 Å². The van der Waals surface area contributed by atoms with Crippen LogP contribution in [-0.4, -0.2) is 42.6 Å². The minimum atomic E-state index is -1.13. The summed E-state index contributed by atoms with van der Waals surface area (Å²) in [5, 5.41) is 7.85. The monoisotopic (exact) mass is 486 g/mol. The minimum absolute atomic E-state index is 0.166. The Hall–Kier alpha value is -2.91.